The number of benzene rings is 1. The fourth-order valence-electron chi connectivity index (χ4n) is 4.23. The highest BCUT2D eigenvalue weighted by atomic mass is 16.3. The fourth-order valence-corrected chi connectivity index (χ4v) is 4.23. The molecule has 0 saturated carbocycles. The average Bonchev–Trinajstić information content (AvgIpc) is 3.37. The quantitative estimate of drug-likeness (QED) is 0.888. The third-order valence-corrected chi connectivity index (χ3v) is 5.68. The van der Waals surface area contributed by atoms with Gasteiger partial charge in [-0.3, -0.25) is 9.59 Å². The van der Waals surface area contributed by atoms with Gasteiger partial charge in [-0.1, -0.05) is 12.1 Å². The molecule has 2 saturated heterocycles. The highest BCUT2D eigenvalue weighted by Gasteiger charge is 2.49. The van der Waals surface area contributed by atoms with Crippen LogP contribution >= 0.6 is 0 Å². The zero-order valence-corrected chi connectivity index (χ0v) is 15.1. The first-order valence-corrected chi connectivity index (χ1v) is 9.31. The molecule has 1 atom stereocenters. The van der Waals surface area contributed by atoms with Gasteiger partial charge in [-0.15, -0.1) is 0 Å². The Bertz CT molecular complexity index is 816. The second-order valence-corrected chi connectivity index (χ2v) is 7.32. The maximum Gasteiger partial charge on any atom is 0.253 e. The van der Waals surface area contributed by atoms with E-state index in [2.05, 4.69) is 4.98 Å². The summed E-state index contributed by atoms with van der Waals surface area (Å²) >= 11 is 0. The number of rotatable bonds is 4. The Morgan fingerprint density at radius 3 is 2.74 bits per heavy atom. The lowest BCUT2D eigenvalue weighted by molar-refractivity contribution is -0.146. The largest absolute Gasteiger partial charge is 0.444 e. The predicted molar refractivity (Wildman–Crippen MR) is 97.8 cm³/mol. The van der Waals surface area contributed by atoms with Gasteiger partial charge in [0.1, 0.15) is 0 Å². The average molecular weight is 369 g/mol. The summed E-state index contributed by atoms with van der Waals surface area (Å²) in [6.45, 7) is 2.08. The van der Waals surface area contributed by atoms with Gasteiger partial charge in [-0.2, -0.15) is 0 Å². The van der Waals surface area contributed by atoms with Crippen LogP contribution < -0.4 is 0 Å². The van der Waals surface area contributed by atoms with E-state index < -0.39 is 5.41 Å². The number of hydrogen-bond donors (Lipinski definition) is 1. The van der Waals surface area contributed by atoms with E-state index in [-0.39, 0.29) is 18.4 Å². The van der Waals surface area contributed by atoms with E-state index in [0.717, 1.165) is 18.4 Å². The maximum atomic E-state index is 12.9. The molecule has 0 bridgehead atoms. The number of oxazole rings is 1. The summed E-state index contributed by atoms with van der Waals surface area (Å²) in [4.78, 5) is 33.2. The van der Waals surface area contributed by atoms with Crippen molar-refractivity contribution in [2.75, 3.05) is 32.8 Å². The second-order valence-electron chi connectivity index (χ2n) is 7.32. The molecule has 2 amide bonds. The van der Waals surface area contributed by atoms with Crippen LogP contribution in [0, 0.1) is 5.41 Å². The first kappa shape index (κ1) is 17.7. The molecule has 1 spiro atoms. The van der Waals surface area contributed by atoms with Crippen LogP contribution in [0.3, 0.4) is 0 Å². The minimum absolute atomic E-state index is 0.0258. The lowest BCUT2D eigenvalue weighted by atomic mass is 9.78. The molecule has 142 valence electrons. The van der Waals surface area contributed by atoms with Crippen molar-refractivity contribution in [1.82, 2.24) is 14.8 Å². The van der Waals surface area contributed by atoms with Crippen molar-refractivity contribution in [3.8, 4) is 11.3 Å². The van der Waals surface area contributed by atoms with E-state index in [1.54, 1.807) is 28.1 Å². The Balaban J connectivity index is 1.47. The standard InChI is InChI=1S/C20H23N3O4/c24-11-10-22-8-1-6-20(19(22)26)7-9-23(13-20)18(25)16-4-2-15(3-5-16)17-12-21-14-27-17/h2-5,12,14,24H,1,6-11,13H2/t20-/m1/s1. The molecule has 27 heavy (non-hydrogen) atoms. The molecule has 7 heteroatoms. The van der Waals surface area contributed by atoms with Gasteiger partial charge in [0.25, 0.3) is 5.91 Å². The van der Waals surface area contributed by atoms with Crippen LogP contribution in [0.25, 0.3) is 11.3 Å². The molecule has 2 aliphatic rings. The lowest BCUT2D eigenvalue weighted by Gasteiger charge is -2.39. The minimum atomic E-state index is -0.483. The van der Waals surface area contributed by atoms with Crippen molar-refractivity contribution in [2.45, 2.75) is 19.3 Å². The van der Waals surface area contributed by atoms with Crippen LogP contribution in [0.5, 0.6) is 0 Å². The number of β-amino-alcohol motifs (C(OH)–C–C–N with tert-alkyl or cyclic N) is 1. The molecule has 1 N–H and O–H groups in total. The summed E-state index contributed by atoms with van der Waals surface area (Å²) in [6, 6.07) is 7.25. The summed E-state index contributed by atoms with van der Waals surface area (Å²) in [7, 11) is 0. The molecule has 1 aromatic heterocycles. The third kappa shape index (κ3) is 3.23. The van der Waals surface area contributed by atoms with E-state index in [1.165, 1.54) is 6.39 Å². The number of likely N-dealkylation sites (tertiary alicyclic amines) is 2. The number of piperidine rings is 1. The molecule has 0 aliphatic carbocycles. The van der Waals surface area contributed by atoms with Crippen molar-refractivity contribution in [3.05, 3.63) is 42.4 Å². The van der Waals surface area contributed by atoms with Gasteiger partial charge in [-0.25, -0.2) is 4.98 Å². The van der Waals surface area contributed by atoms with E-state index in [4.69, 9.17) is 4.42 Å². The van der Waals surface area contributed by atoms with E-state index in [9.17, 15) is 14.7 Å². The van der Waals surface area contributed by atoms with Gasteiger partial charge >= 0.3 is 0 Å². The zero-order chi connectivity index (χ0) is 18.9. The van der Waals surface area contributed by atoms with E-state index in [1.807, 2.05) is 12.1 Å². The summed E-state index contributed by atoms with van der Waals surface area (Å²) < 4.78 is 5.27. The summed E-state index contributed by atoms with van der Waals surface area (Å²) in [5.74, 6) is 0.688. The smallest absolute Gasteiger partial charge is 0.253 e. The molecule has 2 aromatic rings. The predicted octanol–water partition coefficient (Wildman–Crippen LogP) is 1.79. The topological polar surface area (TPSA) is 86.9 Å². The van der Waals surface area contributed by atoms with E-state index in [0.29, 0.717) is 43.9 Å². The van der Waals surface area contributed by atoms with Crippen molar-refractivity contribution in [3.63, 3.8) is 0 Å². The zero-order valence-electron chi connectivity index (χ0n) is 15.1. The number of nitrogens with zero attached hydrogens (tertiary/aromatic N) is 3. The highest BCUT2D eigenvalue weighted by molar-refractivity contribution is 5.96. The number of aromatic nitrogens is 1. The molecule has 7 nitrogen and oxygen atoms in total. The first-order valence-electron chi connectivity index (χ1n) is 9.31. The lowest BCUT2D eigenvalue weighted by Crippen LogP contribution is -2.51. The number of aliphatic hydroxyl groups excluding tert-OH is 1. The number of aliphatic hydroxyl groups is 1. The summed E-state index contributed by atoms with van der Waals surface area (Å²) in [5.41, 5.74) is 0.984. The Morgan fingerprint density at radius 1 is 1.22 bits per heavy atom. The van der Waals surface area contributed by atoms with Crippen LogP contribution in [-0.4, -0.2) is 64.5 Å². The molecule has 2 aliphatic heterocycles. The molecule has 2 fully saturated rings. The van der Waals surface area contributed by atoms with Crippen LogP contribution in [0.15, 0.2) is 41.3 Å². The number of carbonyl (C=O) groups excluding carboxylic acids is 2. The number of amides is 2. The number of hydrogen-bond acceptors (Lipinski definition) is 5. The van der Waals surface area contributed by atoms with Gasteiger partial charge < -0.3 is 19.3 Å². The molecule has 3 heterocycles. The fraction of sp³-hybridized carbons (Fsp3) is 0.450. The first-order chi connectivity index (χ1) is 13.1. The van der Waals surface area contributed by atoms with Crippen LogP contribution in [0.4, 0.5) is 0 Å². The van der Waals surface area contributed by atoms with E-state index >= 15 is 0 Å². The third-order valence-electron chi connectivity index (χ3n) is 5.68. The van der Waals surface area contributed by atoms with Gasteiger partial charge in [0.15, 0.2) is 12.2 Å². The molecule has 1 aromatic carbocycles. The van der Waals surface area contributed by atoms with Gasteiger partial charge in [0.2, 0.25) is 5.91 Å². The molecular weight excluding hydrogens is 346 g/mol. The Kier molecular flexibility index (Phi) is 4.70. The van der Waals surface area contributed by atoms with Gasteiger partial charge in [0, 0.05) is 37.3 Å². The Morgan fingerprint density at radius 2 is 2.04 bits per heavy atom. The second kappa shape index (κ2) is 7.15. The monoisotopic (exact) mass is 369 g/mol. The maximum absolute atomic E-state index is 12.9. The van der Waals surface area contributed by atoms with Crippen LogP contribution in [-0.2, 0) is 4.79 Å². The van der Waals surface area contributed by atoms with Gasteiger partial charge in [0.05, 0.1) is 18.2 Å². The molecule has 0 radical (unpaired) electrons. The van der Waals surface area contributed by atoms with Crippen LogP contribution in [0.1, 0.15) is 29.6 Å². The normalized spacial score (nSPS) is 22.6. The van der Waals surface area contributed by atoms with Crippen molar-refractivity contribution >= 4 is 11.8 Å². The van der Waals surface area contributed by atoms with Crippen molar-refractivity contribution in [1.29, 1.82) is 0 Å². The molecular formula is C20H23N3O4. The highest BCUT2D eigenvalue weighted by Crippen LogP contribution is 2.40. The van der Waals surface area contributed by atoms with Gasteiger partial charge in [-0.05, 0) is 31.4 Å². The van der Waals surface area contributed by atoms with Crippen molar-refractivity contribution < 1.29 is 19.1 Å². The summed E-state index contributed by atoms with van der Waals surface area (Å²) in [6.07, 6.45) is 5.42. The SMILES string of the molecule is O=C(c1ccc(-c2cnco2)cc1)N1CC[C@]2(CCCN(CCO)C2=O)C1. The minimum Gasteiger partial charge on any atom is -0.444 e. The Hall–Kier alpha value is -2.67. The summed E-state index contributed by atoms with van der Waals surface area (Å²) in [5, 5.41) is 9.18. The number of carbonyl (C=O) groups is 2. The molecule has 0 unspecified atom stereocenters. The Labute approximate surface area is 157 Å². The van der Waals surface area contributed by atoms with Crippen molar-refractivity contribution in [2.24, 2.45) is 5.41 Å². The van der Waals surface area contributed by atoms with Crippen LogP contribution in [0.2, 0.25) is 0 Å². The molecule has 4 rings (SSSR count).